The van der Waals surface area contributed by atoms with Crippen LogP contribution in [0.5, 0.6) is 0 Å². The summed E-state index contributed by atoms with van der Waals surface area (Å²) in [5.41, 5.74) is 2.34. The first-order chi connectivity index (χ1) is 17.6. The Morgan fingerprint density at radius 3 is 2.32 bits per heavy atom. The van der Waals surface area contributed by atoms with E-state index < -0.39 is 21.9 Å². The minimum Gasteiger partial charge on any atom is -0.352 e. The Labute approximate surface area is 220 Å². The van der Waals surface area contributed by atoms with E-state index in [1.54, 1.807) is 4.90 Å². The molecule has 7 nitrogen and oxygen atoms in total. The summed E-state index contributed by atoms with van der Waals surface area (Å²) in [5.74, 6) is -0.801. The SMILES string of the molecule is CCC(C(=O)NC1CCCC1)N(Cc1ccccc1C)C(=O)CCCN(c1ccc(F)cc1)S(C)(=O)=O. The predicted octanol–water partition coefficient (Wildman–Crippen LogP) is 4.55. The maximum atomic E-state index is 13.5. The molecule has 1 aliphatic carbocycles. The Kier molecular flexibility index (Phi) is 10.1. The number of rotatable bonds is 12. The second-order valence-electron chi connectivity index (χ2n) is 9.78. The molecule has 202 valence electrons. The average Bonchev–Trinajstić information content (AvgIpc) is 3.36. The number of amides is 2. The van der Waals surface area contributed by atoms with Crippen molar-refractivity contribution in [2.75, 3.05) is 17.1 Å². The molecule has 1 fully saturated rings. The van der Waals surface area contributed by atoms with Gasteiger partial charge in [-0.1, -0.05) is 44.0 Å². The number of nitrogens with zero attached hydrogens (tertiary/aromatic N) is 2. The summed E-state index contributed by atoms with van der Waals surface area (Å²) >= 11 is 0. The first-order valence-electron chi connectivity index (χ1n) is 13.0. The van der Waals surface area contributed by atoms with Gasteiger partial charge in [-0.2, -0.15) is 0 Å². The Balaban J connectivity index is 1.76. The predicted molar refractivity (Wildman–Crippen MR) is 144 cm³/mol. The maximum Gasteiger partial charge on any atom is 0.243 e. The number of carbonyl (C=O) groups is 2. The van der Waals surface area contributed by atoms with Gasteiger partial charge in [0.15, 0.2) is 0 Å². The van der Waals surface area contributed by atoms with Crippen LogP contribution in [0.25, 0.3) is 0 Å². The smallest absolute Gasteiger partial charge is 0.243 e. The van der Waals surface area contributed by atoms with Crippen molar-refractivity contribution in [3.63, 3.8) is 0 Å². The van der Waals surface area contributed by atoms with Crippen molar-refractivity contribution in [2.45, 2.75) is 77.4 Å². The zero-order chi connectivity index (χ0) is 27.0. The molecule has 0 bridgehead atoms. The van der Waals surface area contributed by atoms with Crippen molar-refractivity contribution >= 4 is 27.5 Å². The molecule has 2 aromatic rings. The van der Waals surface area contributed by atoms with Gasteiger partial charge in [0, 0.05) is 25.6 Å². The molecule has 0 spiro atoms. The van der Waals surface area contributed by atoms with Crippen molar-refractivity contribution < 1.29 is 22.4 Å². The summed E-state index contributed by atoms with van der Waals surface area (Å²) in [6.07, 6.45) is 6.00. The van der Waals surface area contributed by atoms with Gasteiger partial charge in [-0.05, 0) is 68.0 Å². The van der Waals surface area contributed by atoms with E-state index in [-0.39, 0.29) is 37.2 Å². The van der Waals surface area contributed by atoms with Gasteiger partial charge >= 0.3 is 0 Å². The summed E-state index contributed by atoms with van der Waals surface area (Å²) < 4.78 is 39.3. The van der Waals surface area contributed by atoms with E-state index in [0.29, 0.717) is 18.7 Å². The minimum absolute atomic E-state index is 0.0689. The molecule has 2 aromatic carbocycles. The van der Waals surface area contributed by atoms with Gasteiger partial charge < -0.3 is 10.2 Å². The number of aryl methyl sites for hydroxylation is 1. The Morgan fingerprint density at radius 1 is 1.08 bits per heavy atom. The second-order valence-corrected chi connectivity index (χ2v) is 11.7. The summed E-state index contributed by atoms with van der Waals surface area (Å²) in [5, 5.41) is 3.13. The van der Waals surface area contributed by atoms with E-state index in [2.05, 4.69) is 5.32 Å². The number of carbonyl (C=O) groups excluding carboxylic acids is 2. The molecule has 1 saturated carbocycles. The monoisotopic (exact) mass is 531 g/mol. The van der Waals surface area contributed by atoms with Gasteiger partial charge in [0.05, 0.1) is 11.9 Å². The third-order valence-corrected chi connectivity index (χ3v) is 8.15. The third kappa shape index (κ3) is 8.02. The molecule has 1 atom stereocenters. The van der Waals surface area contributed by atoms with Crippen molar-refractivity contribution in [1.82, 2.24) is 10.2 Å². The van der Waals surface area contributed by atoms with Crippen LogP contribution in [0.3, 0.4) is 0 Å². The first kappa shape index (κ1) is 28.6. The molecule has 0 heterocycles. The lowest BCUT2D eigenvalue weighted by Gasteiger charge is -2.32. The van der Waals surface area contributed by atoms with E-state index in [0.717, 1.165) is 43.1 Å². The summed E-state index contributed by atoms with van der Waals surface area (Å²) in [4.78, 5) is 28.4. The highest BCUT2D eigenvalue weighted by atomic mass is 32.2. The molecule has 3 rings (SSSR count). The summed E-state index contributed by atoms with van der Waals surface area (Å²) in [6, 6.07) is 12.5. The number of benzene rings is 2. The Hall–Kier alpha value is -2.94. The number of nitrogens with one attached hydrogen (secondary N) is 1. The van der Waals surface area contributed by atoms with Crippen molar-refractivity contribution in [2.24, 2.45) is 0 Å². The van der Waals surface area contributed by atoms with Crippen LogP contribution in [-0.2, 0) is 26.2 Å². The number of halogens is 1. The van der Waals surface area contributed by atoms with Gasteiger partial charge in [-0.3, -0.25) is 13.9 Å². The molecule has 1 aliphatic rings. The lowest BCUT2D eigenvalue weighted by atomic mass is 10.0. The highest BCUT2D eigenvalue weighted by molar-refractivity contribution is 7.92. The Morgan fingerprint density at radius 2 is 1.73 bits per heavy atom. The highest BCUT2D eigenvalue weighted by Gasteiger charge is 2.31. The van der Waals surface area contributed by atoms with E-state index >= 15 is 0 Å². The largest absolute Gasteiger partial charge is 0.352 e. The maximum absolute atomic E-state index is 13.5. The standard InChI is InChI=1S/C28H38FN3O4S/c1-4-26(28(34)30-24-12-7-8-13-24)31(20-22-11-6-5-10-21(22)2)27(33)14-9-19-32(37(3,35)36)25-17-15-23(29)16-18-25/h5-6,10-11,15-18,24,26H,4,7-9,12-14,19-20H2,1-3H3,(H,30,34). The van der Waals surface area contributed by atoms with Gasteiger partial charge in [-0.15, -0.1) is 0 Å². The van der Waals surface area contributed by atoms with Gasteiger partial charge in [0.2, 0.25) is 21.8 Å². The van der Waals surface area contributed by atoms with E-state index in [9.17, 15) is 22.4 Å². The molecule has 1 unspecified atom stereocenters. The van der Waals surface area contributed by atoms with Crippen LogP contribution in [0.2, 0.25) is 0 Å². The topological polar surface area (TPSA) is 86.8 Å². The van der Waals surface area contributed by atoms with E-state index in [1.165, 1.54) is 28.6 Å². The normalized spacial score (nSPS) is 14.8. The van der Waals surface area contributed by atoms with Crippen LogP contribution in [0.4, 0.5) is 10.1 Å². The van der Waals surface area contributed by atoms with Gasteiger partial charge in [-0.25, -0.2) is 12.8 Å². The molecule has 0 radical (unpaired) electrons. The minimum atomic E-state index is -3.63. The van der Waals surface area contributed by atoms with Crippen molar-refractivity contribution in [3.8, 4) is 0 Å². The number of hydrogen-bond donors (Lipinski definition) is 1. The second kappa shape index (κ2) is 13.0. The molecule has 1 N–H and O–H groups in total. The zero-order valence-corrected chi connectivity index (χ0v) is 22.8. The summed E-state index contributed by atoms with van der Waals surface area (Å²) in [7, 11) is -3.63. The first-order valence-corrected chi connectivity index (χ1v) is 14.8. The average molecular weight is 532 g/mol. The van der Waals surface area contributed by atoms with Crippen molar-refractivity contribution in [3.05, 3.63) is 65.5 Å². The quantitative estimate of drug-likeness (QED) is 0.436. The molecule has 9 heteroatoms. The molecular formula is C28H38FN3O4S. The van der Waals surface area contributed by atoms with Crippen LogP contribution in [0.15, 0.2) is 48.5 Å². The lowest BCUT2D eigenvalue weighted by Crippen LogP contribution is -2.51. The van der Waals surface area contributed by atoms with Crippen LogP contribution >= 0.6 is 0 Å². The van der Waals surface area contributed by atoms with Crippen molar-refractivity contribution in [1.29, 1.82) is 0 Å². The van der Waals surface area contributed by atoms with E-state index in [4.69, 9.17) is 0 Å². The molecule has 0 aliphatic heterocycles. The fourth-order valence-electron chi connectivity index (χ4n) is 4.87. The molecule has 0 aromatic heterocycles. The number of sulfonamides is 1. The molecule has 37 heavy (non-hydrogen) atoms. The lowest BCUT2D eigenvalue weighted by molar-refractivity contribution is -0.141. The van der Waals surface area contributed by atoms with Crippen LogP contribution in [0.1, 0.15) is 63.0 Å². The van der Waals surface area contributed by atoms with E-state index in [1.807, 2.05) is 38.1 Å². The third-order valence-electron chi connectivity index (χ3n) is 6.96. The highest BCUT2D eigenvalue weighted by Crippen LogP contribution is 2.22. The summed E-state index contributed by atoms with van der Waals surface area (Å²) in [6.45, 7) is 4.25. The molecular weight excluding hydrogens is 493 g/mol. The fraction of sp³-hybridized carbons (Fsp3) is 0.500. The number of hydrogen-bond acceptors (Lipinski definition) is 4. The van der Waals surface area contributed by atoms with Crippen LogP contribution in [0, 0.1) is 12.7 Å². The zero-order valence-electron chi connectivity index (χ0n) is 22.0. The van der Waals surface area contributed by atoms with Crippen LogP contribution < -0.4 is 9.62 Å². The fourth-order valence-corrected chi connectivity index (χ4v) is 5.83. The van der Waals surface area contributed by atoms with Crippen LogP contribution in [-0.4, -0.2) is 50.0 Å². The number of anilines is 1. The molecule has 0 saturated heterocycles. The van der Waals surface area contributed by atoms with Gasteiger partial charge in [0.25, 0.3) is 0 Å². The Bertz CT molecular complexity index is 1160. The molecule has 2 amide bonds. The van der Waals surface area contributed by atoms with Gasteiger partial charge in [0.1, 0.15) is 11.9 Å².